The number of nitrogens with one attached hydrogen (secondary N) is 1. The molecule has 0 aromatic heterocycles. The molecular formula is C12H20F2N2O2. The maximum Gasteiger partial charge on any atom is 0.267 e. The van der Waals surface area contributed by atoms with Crippen molar-refractivity contribution >= 4 is 11.7 Å². The number of ketones is 1. The third-order valence-corrected chi connectivity index (χ3v) is 3.69. The Kier molecular flexibility index (Phi) is 4.42. The van der Waals surface area contributed by atoms with E-state index < -0.39 is 18.0 Å². The lowest BCUT2D eigenvalue weighted by atomic mass is 9.91. The topological polar surface area (TPSA) is 49.4 Å². The molecule has 1 fully saturated rings. The van der Waals surface area contributed by atoms with Gasteiger partial charge in [0.05, 0.1) is 12.1 Å². The second kappa shape index (κ2) is 5.30. The van der Waals surface area contributed by atoms with Gasteiger partial charge in [0.15, 0.2) is 0 Å². The average molecular weight is 262 g/mol. The minimum atomic E-state index is -2.76. The van der Waals surface area contributed by atoms with Gasteiger partial charge in [-0.1, -0.05) is 0 Å². The van der Waals surface area contributed by atoms with E-state index in [4.69, 9.17) is 0 Å². The zero-order valence-electron chi connectivity index (χ0n) is 11.1. The Hall–Kier alpha value is -1.04. The van der Waals surface area contributed by atoms with Crippen LogP contribution in [-0.2, 0) is 9.59 Å². The van der Waals surface area contributed by atoms with Crippen molar-refractivity contribution < 1.29 is 18.4 Å². The maximum atomic E-state index is 13.0. The van der Waals surface area contributed by atoms with Gasteiger partial charge in [0.25, 0.3) is 5.92 Å². The fourth-order valence-electron chi connectivity index (χ4n) is 1.94. The number of likely N-dealkylation sites (tertiary alicyclic amines) is 1. The summed E-state index contributed by atoms with van der Waals surface area (Å²) in [5.41, 5.74) is -0.766. The number of hydrogen-bond acceptors (Lipinski definition) is 3. The molecule has 1 aliphatic heterocycles. The smallest absolute Gasteiger partial charge is 0.267 e. The molecule has 0 aromatic carbocycles. The number of alkyl halides is 2. The standard InChI is InChI=1S/C12H20F2N2O2/c1-9(17)11(2,15-3)5-4-10(18)16-7-6-12(13,14)8-16/h15H,4-8H2,1-3H3/t11-/m1/s1. The Bertz CT molecular complexity index is 347. The van der Waals surface area contributed by atoms with Crippen LogP contribution in [0, 0.1) is 0 Å². The summed E-state index contributed by atoms with van der Waals surface area (Å²) in [5, 5.41) is 2.87. The first-order valence-corrected chi connectivity index (χ1v) is 6.06. The van der Waals surface area contributed by atoms with Crippen LogP contribution in [0.15, 0.2) is 0 Å². The molecule has 104 valence electrons. The molecule has 1 N–H and O–H groups in total. The third-order valence-electron chi connectivity index (χ3n) is 3.69. The van der Waals surface area contributed by atoms with Crippen LogP contribution in [0.1, 0.15) is 33.1 Å². The van der Waals surface area contributed by atoms with Crippen LogP contribution in [0.2, 0.25) is 0 Å². The molecule has 6 heteroatoms. The van der Waals surface area contributed by atoms with E-state index in [2.05, 4.69) is 5.32 Å². The monoisotopic (exact) mass is 262 g/mol. The summed E-state index contributed by atoms with van der Waals surface area (Å²) in [7, 11) is 1.65. The second-order valence-corrected chi connectivity index (χ2v) is 5.06. The summed E-state index contributed by atoms with van der Waals surface area (Å²) in [6.07, 6.45) is 0.154. The SMILES string of the molecule is CN[C@](C)(CCC(=O)N1CCC(F)(F)C1)C(C)=O. The normalized spacial score (nSPS) is 21.7. The molecule has 0 radical (unpaired) electrons. The van der Waals surface area contributed by atoms with Crippen molar-refractivity contribution in [2.24, 2.45) is 0 Å². The van der Waals surface area contributed by atoms with Crippen LogP contribution in [0.4, 0.5) is 8.78 Å². The molecule has 0 unspecified atom stereocenters. The highest BCUT2D eigenvalue weighted by Crippen LogP contribution is 2.27. The van der Waals surface area contributed by atoms with Gasteiger partial charge in [0.1, 0.15) is 5.78 Å². The summed E-state index contributed by atoms with van der Waals surface area (Å²) in [6, 6.07) is 0. The molecule has 18 heavy (non-hydrogen) atoms. The van der Waals surface area contributed by atoms with Gasteiger partial charge >= 0.3 is 0 Å². The van der Waals surface area contributed by atoms with E-state index in [0.29, 0.717) is 6.42 Å². The van der Waals surface area contributed by atoms with Crippen molar-refractivity contribution in [3.05, 3.63) is 0 Å². The maximum absolute atomic E-state index is 13.0. The molecule has 0 spiro atoms. The summed E-state index contributed by atoms with van der Waals surface area (Å²) in [4.78, 5) is 24.4. The number of rotatable bonds is 5. The summed E-state index contributed by atoms with van der Waals surface area (Å²) >= 11 is 0. The van der Waals surface area contributed by atoms with E-state index in [9.17, 15) is 18.4 Å². The Balaban J connectivity index is 2.49. The van der Waals surface area contributed by atoms with Crippen LogP contribution >= 0.6 is 0 Å². The average Bonchev–Trinajstić information content (AvgIpc) is 2.65. The highest BCUT2D eigenvalue weighted by molar-refractivity contribution is 5.86. The van der Waals surface area contributed by atoms with Gasteiger partial charge in [0.2, 0.25) is 5.91 Å². The predicted octanol–water partition coefficient (Wildman–Crippen LogP) is 1.20. The van der Waals surface area contributed by atoms with Gasteiger partial charge in [0, 0.05) is 19.4 Å². The number of likely N-dealkylation sites (N-methyl/N-ethyl adjacent to an activating group) is 1. The predicted molar refractivity (Wildman–Crippen MR) is 63.5 cm³/mol. The minimum absolute atomic E-state index is 0.0652. The van der Waals surface area contributed by atoms with Gasteiger partial charge in [-0.2, -0.15) is 0 Å². The van der Waals surface area contributed by atoms with E-state index in [-0.39, 0.29) is 31.1 Å². The van der Waals surface area contributed by atoms with E-state index >= 15 is 0 Å². The first kappa shape index (κ1) is 15.0. The molecule has 0 bridgehead atoms. The molecular weight excluding hydrogens is 242 g/mol. The lowest BCUT2D eigenvalue weighted by Crippen LogP contribution is -2.47. The molecule has 1 rings (SSSR count). The number of amides is 1. The van der Waals surface area contributed by atoms with Gasteiger partial charge in [-0.3, -0.25) is 9.59 Å². The second-order valence-electron chi connectivity index (χ2n) is 5.06. The van der Waals surface area contributed by atoms with Gasteiger partial charge in [-0.15, -0.1) is 0 Å². The Morgan fingerprint density at radius 1 is 1.44 bits per heavy atom. The van der Waals surface area contributed by atoms with Gasteiger partial charge < -0.3 is 10.2 Å². The number of halogens is 2. The Labute approximate surface area is 106 Å². The molecule has 1 aliphatic rings. The molecule has 0 saturated carbocycles. The molecule has 1 saturated heterocycles. The third kappa shape index (κ3) is 3.48. The molecule has 0 aliphatic carbocycles. The highest BCUT2D eigenvalue weighted by Gasteiger charge is 2.40. The summed E-state index contributed by atoms with van der Waals surface area (Å²) < 4.78 is 25.9. The number of nitrogens with zero attached hydrogens (tertiary/aromatic N) is 1. The largest absolute Gasteiger partial charge is 0.336 e. The molecule has 1 heterocycles. The fourth-order valence-corrected chi connectivity index (χ4v) is 1.94. The van der Waals surface area contributed by atoms with Crippen molar-refractivity contribution in [3.63, 3.8) is 0 Å². The quantitative estimate of drug-likeness (QED) is 0.810. The zero-order valence-corrected chi connectivity index (χ0v) is 11.1. The number of carbonyl (C=O) groups is 2. The van der Waals surface area contributed by atoms with Crippen LogP contribution in [0.3, 0.4) is 0 Å². The number of hydrogen-bond donors (Lipinski definition) is 1. The van der Waals surface area contributed by atoms with E-state index in [1.165, 1.54) is 11.8 Å². The Morgan fingerprint density at radius 3 is 2.44 bits per heavy atom. The van der Waals surface area contributed by atoms with E-state index in [1.54, 1.807) is 14.0 Å². The van der Waals surface area contributed by atoms with Crippen molar-refractivity contribution in [1.82, 2.24) is 10.2 Å². The lowest BCUT2D eigenvalue weighted by Gasteiger charge is -2.27. The fraction of sp³-hybridized carbons (Fsp3) is 0.833. The minimum Gasteiger partial charge on any atom is -0.336 e. The van der Waals surface area contributed by atoms with Crippen LogP contribution in [0.25, 0.3) is 0 Å². The molecule has 0 aromatic rings. The highest BCUT2D eigenvalue weighted by atomic mass is 19.3. The summed E-state index contributed by atoms with van der Waals surface area (Å²) in [5.74, 6) is -3.14. The Morgan fingerprint density at radius 2 is 2.06 bits per heavy atom. The van der Waals surface area contributed by atoms with Crippen molar-refractivity contribution in [2.75, 3.05) is 20.1 Å². The number of Topliss-reactive ketones (excluding diaryl/α,β-unsaturated/α-hetero) is 1. The number of carbonyl (C=O) groups excluding carboxylic acids is 2. The van der Waals surface area contributed by atoms with Crippen molar-refractivity contribution in [2.45, 2.75) is 44.6 Å². The summed E-state index contributed by atoms with van der Waals surface area (Å²) in [6.45, 7) is 2.76. The molecule has 4 nitrogen and oxygen atoms in total. The van der Waals surface area contributed by atoms with Crippen LogP contribution in [0.5, 0.6) is 0 Å². The van der Waals surface area contributed by atoms with Crippen LogP contribution < -0.4 is 5.32 Å². The first-order valence-electron chi connectivity index (χ1n) is 6.06. The van der Waals surface area contributed by atoms with Crippen LogP contribution in [-0.4, -0.2) is 48.2 Å². The first-order chi connectivity index (χ1) is 8.20. The zero-order chi connectivity index (χ0) is 14.0. The van der Waals surface area contributed by atoms with Crippen molar-refractivity contribution in [1.29, 1.82) is 0 Å². The lowest BCUT2D eigenvalue weighted by molar-refractivity contribution is -0.132. The van der Waals surface area contributed by atoms with E-state index in [1.807, 2.05) is 0 Å². The van der Waals surface area contributed by atoms with Crippen molar-refractivity contribution in [3.8, 4) is 0 Å². The van der Waals surface area contributed by atoms with E-state index in [0.717, 1.165) is 0 Å². The molecule has 1 atom stereocenters. The van der Waals surface area contributed by atoms with Gasteiger partial charge in [-0.05, 0) is 27.3 Å². The van der Waals surface area contributed by atoms with Gasteiger partial charge in [-0.25, -0.2) is 8.78 Å². The molecule has 1 amide bonds.